The number of benzene rings is 1. The quantitative estimate of drug-likeness (QED) is 0.657. The van der Waals surface area contributed by atoms with Crippen LogP contribution in [-0.2, 0) is 6.42 Å². The fraction of sp³-hybridized carbons (Fsp3) is 0.231. The number of rotatable bonds is 4. The fourth-order valence-electron chi connectivity index (χ4n) is 1.93. The van der Waals surface area contributed by atoms with E-state index in [1.807, 2.05) is 18.2 Å². The molecule has 2 nitrogen and oxygen atoms in total. The molecule has 1 heterocycles. The first-order valence-corrected chi connectivity index (χ1v) is 6.76. The first-order valence-electron chi connectivity index (χ1n) is 5.44. The Balaban J connectivity index is 2.23. The van der Waals surface area contributed by atoms with Gasteiger partial charge in [-0.25, -0.2) is 0 Å². The molecule has 0 spiro atoms. The molecule has 0 aliphatic heterocycles. The number of thiophene rings is 1. The van der Waals surface area contributed by atoms with Crippen molar-refractivity contribution in [3.8, 4) is 0 Å². The zero-order chi connectivity index (χ0) is 12.3. The number of nitrogens with one attached hydrogen (secondary N) is 1. The minimum atomic E-state index is 0.127. The smallest absolute Gasteiger partial charge is 0.0503 e. The van der Waals surface area contributed by atoms with Gasteiger partial charge >= 0.3 is 0 Å². The van der Waals surface area contributed by atoms with Crippen molar-refractivity contribution >= 4 is 22.9 Å². The summed E-state index contributed by atoms with van der Waals surface area (Å²) in [4.78, 5) is 0. The Labute approximate surface area is 110 Å². The highest BCUT2D eigenvalue weighted by Crippen LogP contribution is 2.24. The topological polar surface area (TPSA) is 38.0 Å². The Morgan fingerprint density at radius 3 is 2.82 bits per heavy atom. The standard InChI is InChI=1S/C13H15ClN2S/c1-9-6-11(14)2-3-12(9)13(16-15)7-10-4-5-17-8-10/h2-6,8,13,16H,7,15H2,1H3. The van der Waals surface area contributed by atoms with E-state index in [9.17, 15) is 0 Å². The highest BCUT2D eigenvalue weighted by atomic mass is 35.5. The third-order valence-corrected chi connectivity index (χ3v) is 3.80. The van der Waals surface area contributed by atoms with E-state index in [-0.39, 0.29) is 6.04 Å². The Hall–Kier alpha value is -0.870. The van der Waals surface area contributed by atoms with E-state index >= 15 is 0 Å². The molecule has 1 aromatic heterocycles. The molecule has 0 amide bonds. The van der Waals surface area contributed by atoms with Gasteiger partial charge in [-0.1, -0.05) is 17.7 Å². The summed E-state index contributed by atoms with van der Waals surface area (Å²) >= 11 is 7.66. The lowest BCUT2D eigenvalue weighted by Crippen LogP contribution is -2.30. The van der Waals surface area contributed by atoms with Crippen LogP contribution in [0.1, 0.15) is 22.7 Å². The summed E-state index contributed by atoms with van der Waals surface area (Å²) in [6.45, 7) is 2.05. The van der Waals surface area contributed by atoms with Gasteiger partial charge in [-0.15, -0.1) is 0 Å². The third-order valence-electron chi connectivity index (χ3n) is 2.83. The molecule has 2 rings (SSSR count). The van der Waals surface area contributed by atoms with Gasteiger partial charge in [-0.3, -0.25) is 11.3 Å². The lowest BCUT2D eigenvalue weighted by molar-refractivity contribution is 0.550. The first kappa shape index (κ1) is 12.6. The van der Waals surface area contributed by atoms with Crippen LogP contribution in [0, 0.1) is 6.92 Å². The SMILES string of the molecule is Cc1cc(Cl)ccc1C(Cc1ccsc1)NN. The summed E-state index contributed by atoms with van der Waals surface area (Å²) in [5.41, 5.74) is 6.54. The molecule has 2 aromatic rings. The number of aryl methyl sites for hydroxylation is 1. The third kappa shape index (κ3) is 3.07. The minimum absolute atomic E-state index is 0.127. The molecule has 4 heteroatoms. The number of hydrogen-bond acceptors (Lipinski definition) is 3. The van der Waals surface area contributed by atoms with Crippen molar-refractivity contribution in [2.24, 2.45) is 5.84 Å². The molecule has 0 bridgehead atoms. The van der Waals surface area contributed by atoms with Crippen molar-refractivity contribution < 1.29 is 0 Å². The summed E-state index contributed by atoms with van der Waals surface area (Å²) in [5, 5.41) is 4.99. The maximum atomic E-state index is 5.96. The molecule has 3 N–H and O–H groups in total. The minimum Gasteiger partial charge on any atom is -0.271 e. The zero-order valence-corrected chi connectivity index (χ0v) is 11.2. The van der Waals surface area contributed by atoms with Gasteiger partial charge in [-0.05, 0) is 59.0 Å². The summed E-state index contributed by atoms with van der Waals surface area (Å²) in [6.07, 6.45) is 0.891. The van der Waals surface area contributed by atoms with E-state index in [2.05, 4.69) is 29.2 Å². The Bertz CT molecular complexity index is 482. The van der Waals surface area contributed by atoms with Gasteiger partial charge in [-0.2, -0.15) is 11.3 Å². The zero-order valence-electron chi connectivity index (χ0n) is 9.61. The molecule has 1 aromatic carbocycles. The van der Waals surface area contributed by atoms with E-state index in [4.69, 9.17) is 17.4 Å². The first-order chi connectivity index (χ1) is 8.20. The Kier molecular flexibility index (Phi) is 4.18. The largest absolute Gasteiger partial charge is 0.271 e. The monoisotopic (exact) mass is 266 g/mol. The molecule has 0 saturated carbocycles. The average molecular weight is 267 g/mol. The van der Waals surface area contributed by atoms with Crippen LogP contribution in [-0.4, -0.2) is 0 Å². The molecule has 0 aliphatic rings. The average Bonchev–Trinajstić information content (AvgIpc) is 2.79. The number of hydrogen-bond donors (Lipinski definition) is 2. The van der Waals surface area contributed by atoms with E-state index < -0.39 is 0 Å². The molecule has 17 heavy (non-hydrogen) atoms. The molecular formula is C13H15ClN2S. The predicted octanol–water partition coefficient (Wildman–Crippen LogP) is 3.46. The van der Waals surface area contributed by atoms with Crippen molar-refractivity contribution in [2.75, 3.05) is 0 Å². The van der Waals surface area contributed by atoms with Gasteiger partial charge < -0.3 is 0 Å². The number of nitrogens with two attached hydrogens (primary N) is 1. The van der Waals surface area contributed by atoms with Gasteiger partial charge in [0.15, 0.2) is 0 Å². The van der Waals surface area contributed by atoms with Crippen LogP contribution in [0.2, 0.25) is 5.02 Å². The molecular weight excluding hydrogens is 252 g/mol. The number of halogens is 1. The number of hydrazine groups is 1. The molecule has 0 aliphatic carbocycles. The summed E-state index contributed by atoms with van der Waals surface area (Å²) in [7, 11) is 0. The highest BCUT2D eigenvalue weighted by molar-refractivity contribution is 7.07. The van der Waals surface area contributed by atoms with Gasteiger partial charge in [0.1, 0.15) is 0 Å². The molecule has 0 fully saturated rings. The Morgan fingerprint density at radius 1 is 1.41 bits per heavy atom. The second-order valence-electron chi connectivity index (χ2n) is 4.06. The summed E-state index contributed by atoms with van der Waals surface area (Å²) < 4.78 is 0. The van der Waals surface area contributed by atoms with Crippen molar-refractivity contribution in [3.05, 3.63) is 56.7 Å². The maximum Gasteiger partial charge on any atom is 0.0503 e. The van der Waals surface area contributed by atoms with E-state index in [1.165, 1.54) is 11.1 Å². The normalized spacial score (nSPS) is 12.6. The summed E-state index contributed by atoms with van der Waals surface area (Å²) in [5.74, 6) is 5.65. The maximum absolute atomic E-state index is 5.96. The summed E-state index contributed by atoms with van der Waals surface area (Å²) in [6, 6.07) is 8.16. The predicted molar refractivity (Wildman–Crippen MR) is 74.3 cm³/mol. The van der Waals surface area contributed by atoms with Gasteiger partial charge in [0, 0.05) is 5.02 Å². The second-order valence-corrected chi connectivity index (χ2v) is 5.27. The van der Waals surface area contributed by atoms with Gasteiger partial charge in [0.05, 0.1) is 6.04 Å². The van der Waals surface area contributed by atoms with Crippen LogP contribution < -0.4 is 11.3 Å². The molecule has 1 unspecified atom stereocenters. The second kappa shape index (κ2) is 5.65. The van der Waals surface area contributed by atoms with Crippen LogP contribution in [0.25, 0.3) is 0 Å². The van der Waals surface area contributed by atoms with Gasteiger partial charge in [0.25, 0.3) is 0 Å². The highest BCUT2D eigenvalue weighted by Gasteiger charge is 2.13. The fourth-order valence-corrected chi connectivity index (χ4v) is 2.84. The van der Waals surface area contributed by atoms with Crippen LogP contribution in [0.4, 0.5) is 0 Å². The van der Waals surface area contributed by atoms with Gasteiger partial charge in [0.2, 0.25) is 0 Å². The van der Waals surface area contributed by atoms with Crippen molar-refractivity contribution in [2.45, 2.75) is 19.4 Å². The lowest BCUT2D eigenvalue weighted by atomic mass is 9.97. The Morgan fingerprint density at radius 2 is 2.24 bits per heavy atom. The molecule has 1 atom stereocenters. The van der Waals surface area contributed by atoms with Crippen LogP contribution in [0.3, 0.4) is 0 Å². The van der Waals surface area contributed by atoms with Crippen LogP contribution in [0.15, 0.2) is 35.0 Å². The van der Waals surface area contributed by atoms with Crippen molar-refractivity contribution in [1.82, 2.24) is 5.43 Å². The van der Waals surface area contributed by atoms with Crippen LogP contribution in [0.5, 0.6) is 0 Å². The molecule has 0 radical (unpaired) electrons. The molecule has 0 saturated heterocycles. The van der Waals surface area contributed by atoms with Crippen LogP contribution >= 0.6 is 22.9 Å². The van der Waals surface area contributed by atoms with E-state index in [0.29, 0.717) is 0 Å². The van der Waals surface area contributed by atoms with E-state index in [0.717, 1.165) is 17.0 Å². The van der Waals surface area contributed by atoms with Crippen molar-refractivity contribution in [3.63, 3.8) is 0 Å². The van der Waals surface area contributed by atoms with Crippen molar-refractivity contribution in [1.29, 1.82) is 0 Å². The molecule has 90 valence electrons. The lowest BCUT2D eigenvalue weighted by Gasteiger charge is -2.18. The van der Waals surface area contributed by atoms with E-state index in [1.54, 1.807) is 11.3 Å².